The Morgan fingerprint density at radius 2 is 1.56 bits per heavy atom. The van der Waals surface area contributed by atoms with Crippen LogP contribution in [0.3, 0.4) is 0 Å². The quantitative estimate of drug-likeness (QED) is 0.783. The molecule has 0 saturated heterocycles. The summed E-state index contributed by atoms with van der Waals surface area (Å²) in [5, 5.41) is 25.0. The predicted molar refractivity (Wildman–Crippen MR) is 107 cm³/mol. The van der Waals surface area contributed by atoms with Gasteiger partial charge in [0, 0.05) is 22.3 Å². The maximum atomic E-state index is 10.00. The van der Waals surface area contributed by atoms with E-state index in [1.54, 1.807) is 5.01 Å². The van der Waals surface area contributed by atoms with Gasteiger partial charge in [-0.3, -0.25) is 5.01 Å². The van der Waals surface area contributed by atoms with Crippen LogP contribution in [-0.4, -0.2) is 11.6 Å². The third-order valence-electron chi connectivity index (χ3n) is 4.39. The first-order chi connectivity index (χ1) is 13.2. The third-order valence-corrected chi connectivity index (χ3v) is 5.05. The van der Waals surface area contributed by atoms with Crippen LogP contribution in [0.4, 0.5) is 5.69 Å². The third kappa shape index (κ3) is 2.92. The number of nitrogens with one attached hydrogen (secondary N) is 2. The molecule has 5 nitrogen and oxygen atoms in total. The lowest BCUT2D eigenvalue weighted by molar-refractivity contribution is 0.361. The van der Waals surface area contributed by atoms with Crippen LogP contribution in [0, 0.1) is 22.7 Å². The van der Waals surface area contributed by atoms with Crippen LogP contribution in [0.1, 0.15) is 5.56 Å². The highest BCUT2D eigenvalue weighted by Crippen LogP contribution is 2.42. The molecule has 0 fully saturated rings. The van der Waals surface area contributed by atoms with E-state index in [9.17, 15) is 10.5 Å². The summed E-state index contributed by atoms with van der Waals surface area (Å²) in [6.45, 7) is 0.543. The van der Waals surface area contributed by atoms with Crippen molar-refractivity contribution in [1.29, 1.82) is 10.5 Å². The van der Waals surface area contributed by atoms with Crippen molar-refractivity contribution in [1.82, 2.24) is 10.4 Å². The summed E-state index contributed by atoms with van der Waals surface area (Å²) >= 11 is 3.57. The Balaban J connectivity index is 1.98. The van der Waals surface area contributed by atoms with Gasteiger partial charge >= 0.3 is 0 Å². The molecule has 0 unspecified atom stereocenters. The second-order valence-corrected chi connectivity index (χ2v) is 6.94. The van der Waals surface area contributed by atoms with E-state index in [2.05, 4.69) is 38.8 Å². The molecular formula is C21H14BrN5. The molecule has 130 valence electrons. The lowest BCUT2D eigenvalue weighted by atomic mass is 9.89. The van der Waals surface area contributed by atoms with Gasteiger partial charge in [-0.25, -0.2) is 5.43 Å². The van der Waals surface area contributed by atoms with Gasteiger partial charge in [-0.15, -0.1) is 0 Å². The average Bonchev–Trinajstić information content (AvgIpc) is 3.10. The number of fused-ring (bicyclic) bond motifs is 1. The van der Waals surface area contributed by atoms with E-state index in [0.29, 0.717) is 29.1 Å². The molecule has 2 aliphatic rings. The van der Waals surface area contributed by atoms with Crippen molar-refractivity contribution in [3.05, 3.63) is 93.4 Å². The fourth-order valence-corrected chi connectivity index (χ4v) is 3.73. The molecule has 0 aliphatic carbocycles. The average molecular weight is 416 g/mol. The van der Waals surface area contributed by atoms with Crippen LogP contribution in [0.15, 0.2) is 87.8 Å². The summed E-state index contributed by atoms with van der Waals surface area (Å²) in [6, 6.07) is 23.8. The van der Waals surface area contributed by atoms with Crippen LogP contribution in [0.25, 0.3) is 5.57 Å². The van der Waals surface area contributed by atoms with E-state index in [-0.39, 0.29) is 0 Å². The highest BCUT2D eigenvalue weighted by atomic mass is 79.9. The summed E-state index contributed by atoms with van der Waals surface area (Å²) < 4.78 is 0.872. The molecule has 0 bridgehead atoms. The van der Waals surface area contributed by atoms with Gasteiger partial charge in [0.2, 0.25) is 0 Å². The first-order valence-corrected chi connectivity index (χ1v) is 9.13. The van der Waals surface area contributed by atoms with Crippen molar-refractivity contribution >= 4 is 27.2 Å². The highest BCUT2D eigenvalue weighted by Gasteiger charge is 2.37. The number of nitrogens with zero attached hydrogens (tertiary/aromatic N) is 3. The zero-order valence-electron chi connectivity index (χ0n) is 14.2. The van der Waals surface area contributed by atoms with Gasteiger partial charge in [0.1, 0.15) is 23.5 Å². The number of benzene rings is 2. The van der Waals surface area contributed by atoms with E-state index in [1.807, 2.05) is 60.7 Å². The number of halogens is 1. The van der Waals surface area contributed by atoms with Crippen molar-refractivity contribution in [2.24, 2.45) is 0 Å². The Labute approximate surface area is 165 Å². The minimum absolute atomic E-state index is 0.417. The zero-order valence-corrected chi connectivity index (χ0v) is 15.8. The Morgan fingerprint density at radius 3 is 2.19 bits per heavy atom. The second-order valence-electron chi connectivity index (χ2n) is 5.98. The van der Waals surface area contributed by atoms with Gasteiger partial charge in [-0.2, -0.15) is 10.5 Å². The Hall–Kier alpha value is -3.32. The molecule has 4 rings (SSSR count). The SMILES string of the molecule is N#CC1=C(c2ccccc2)C(C#N)=C(Nc2ccccc2)N2NCC(Br)=C12. The van der Waals surface area contributed by atoms with Crippen molar-refractivity contribution < 1.29 is 0 Å². The van der Waals surface area contributed by atoms with Crippen molar-refractivity contribution in [3.8, 4) is 12.1 Å². The standard InChI is InChI=1S/C21H14BrN5/c22-18-13-25-27-20(18)16(11-23)19(14-7-3-1-4-8-14)17(12-24)21(27)26-15-9-5-2-6-10-15/h1-10,25-26H,13H2. The summed E-state index contributed by atoms with van der Waals surface area (Å²) in [5.41, 5.74) is 7.17. The Kier molecular flexibility index (Phi) is 4.52. The summed E-state index contributed by atoms with van der Waals surface area (Å²) in [6.07, 6.45) is 0. The number of allylic oxidation sites excluding steroid dienone is 3. The topological polar surface area (TPSA) is 74.9 Å². The van der Waals surface area contributed by atoms with Gasteiger partial charge < -0.3 is 5.32 Å². The van der Waals surface area contributed by atoms with Gasteiger partial charge in [-0.1, -0.05) is 64.5 Å². The highest BCUT2D eigenvalue weighted by molar-refractivity contribution is 9.11. The molecule has 2 aliphatic heterocycles. The molecular weight excluding hydrogens is 402 g/mol. The number of hydrazine groups is 1. The first kappa shape index (κ1) is 17.1. The largest absolute Gasteiger partial charge is 0.339 e. The minimum Gasteiger partial charge on any atom is -0.339 e. The summed E-state index contributed by atoms with van der Waals surface area (Å²) in [4.78, 5) is 0. The van der Waals surface area contributed by atoms with Crippen LogP contribution < -0.4 is 10.7 Å². The fourth-order valence-electron chi connectivity index (χ4n) is 3.23. The smallest absolute Gasteiger partial charge is 0.144 e. The number of anilines is 1. The fraction of sp³-hybridized carbons (Fsp3) is 0.0476. The first-order valence-electron chi connectivity index (χ1n) is 8.34. The van der Waals surface area contributed by atoms with Crippen LogP contribution in [0.2, 0.25) is 0 Å². The lowest BCUT2D eigenvalue weighted by Crippen LogP contribution is -2.38. The van der Waals surface area contributed by atoms with Gasteiger partial charge in [-0.05, 0) is 17.7 Å². The molecule has 2 N–H and O–H groups in total. The molecule has 6 heteroatoms. The molecule has 27 heavy (non-hydrogen) atoms. The van der Waals surface area contributed by atoms with E-state index in [4.69, 9.17) is 0 Å². The Bertz CT molecular complexity index is 1070. The van der Waals surface area contributed by atoms with Gasteiger partial charge in [0.25, 0.3) is 0 Å². The van der Waals surface area contributed by atoms with Crippen LogP contribution in [-0.2, 0) is 0 Å². The monoisotopic (exact) mass is 415 g/mol. The van der Waals surface area contributed by atoms with Gasteiger partial charge in [0.05, 0.1) is 11.3 Å². The lowest BCUT2D eigenvalue weighted by Gasteiger charge is -2.32. The maximum Gasteiger partial charge on any atom is 0.144 e. The van der Waals surface area contributed by atoms with Crippen molar-refractivity contribution in [3.63, 3.8) is 0 Å². The molecule has 0 amide bonds. The number of nitriles is 2. The predicted octanol–water partition coefficient (Wildman–Crippen LogP) is 4.25. The molecule has 2 aromatic rings. The van der Waals surface area contributed by atoms with E-state index < -0.39 is 0 Å². The molecule has 0 radical (unpaired) electrons. The normalized spacial score (nSPS) is 16.2. The molecule has 0 aromatic heterocycles. The number of rotatable bonds is 3. The maximum absolute atomic E-state index is 10.00. The molecule has 2 aromatic carbocycles. The molecule has 2 heterocycles. The zero-order chi connectivity index (χ0) is 18.8. The summed E-state index contributed by atoms with van der Waals surface area (Å²) in [7, 11) is 0. The number of para-hydroxylation sites is 1. The Morgan fingerprint density at radius 1 is 0.926 bits per heavy atom. The van der Waals surface area contributed by atoms with E-state index in [0.717, 1.165) is 21.4 Å². The summed E-state index contributed by atoms with van der Waals surface area (Å²) in [5.74, 6) is 0.603. The second kappa shape index (κ2) is 7.13. The molecule has 0 saturated carbocycles. The number of hydrogen-bond acceptors (Lipinski definition) is 5. The minimum atomic E-state index is 0.417. The van der Waals surface area contributed by atoms with E-state index >= 15 is 0 Å². The van der Waals surface area contributed by atoms with Crippen LogP contribution >= 0.6 is 15.9 Å². The van der Waals surface area contributed by atoms with Crippen LogP contribution in [0.5, 0.6) is 0 Å². The van der Waals surface area contributed by atoms with Crippen molar-refractivity contribution in [2.45, 2.75) is 0 Å². The van der Waals surface area contributed by atoms with Gasteiger partial charge in [0.15, 0.2) is 0 Å². The molecule has 0 spiro atoms. The van der Waals surface area contributed by atoms with E-state index in [1.165, 1.54) is 0 Å². The number of hydrogen-bond donors (Lipinski definition) is 2. The molecule has 0 atom stereocenters. The van der Waals surface area contributed by atoms with Crippen molar-refractivity contribution in [2.75, 3.05) is 11.9 Å².